The number of para-hydroxylation sites is 1. The summed E-state index contributed by atoms with van der Waals surface area (Å²) in [5.74, 6) is 0.890. The van der Waals surface area contributed by atoms with Crippen molar-refractivity contribution in [3.8, 4) is 5.75 Å². The van der Waals surface area contributed by atoms with Crippen LogP contribution < -0.4 is 4.74 Å². The van der Waals surface area contributed by atoms with Gasteiger partial charge in [-0.2, -0.15) is 5.10 Å². The zero-order valence-electron chi connectivity index (χ0n) is 14.3. The normalized spacial score (nSPS) is 14.4. The summed E-state index contributed by atoms with van der Waals surface area (Å²) >= 11 is 0. The molecule has 1 aromatic carbocycles. The molecule has 0 amide bonds. The van der Waals surface area contributed by atoms with Crippen molar-refractivity contribution in [2.45, 2.75) is 52.2 Å². The molecular weight excluding hydrogens is 290 g/mol. The predicted octanol–water partition coefficient (Wildman–Crippen LogP) is 3.30. The Morgan fingerprint density at radius 2 is 1.87 bits per heavy atom. The molecule has 0 saturated heterocycles. The van der Waals surface area contributed by atoms with Gasteiger partial charge in [0.15, 0.2) is 0 Å². The highest BCUT2D eigenvalue weighted by Gasteiger charge is 2.40. The Morgan fingerprint density at radius 3 is 2.48 bits per heavy atom. The second-order valence-electron chi connectivity index (χ2n) is 6.99. The van der Waals surface area contributed by atoms with Crippen LogP contribution >= 0.6 is 0 Å². The Bertz CT molecular complexity index is 564. The van der Waals surface area contributed by atoms with Gasteiger partial charge in [-0.3, -0.25) is 4.68 Å². The van der Waals surface area contributed by atoms with Gasteiger partial charge in [-0.1, -0.05) is 39.0 Å². The second kappa shape index (κ2) is 7.59. The first-order chi connectivity index (χ1) is 10.9. The Balaban J connectivity index is 1.82. The number of aliphatic hydroxyl groups is 1. The topological polar surface area (TPSA) is 60.2 Å². The van der Waals surface area contributed by atoms with Crippen molar-refractivity contribution in [2.75, 3.05) is 6.61 Å². The molecule has 5 heteroatoms. The van der Waals surface area contributed by atoms with E-state index in [2.05, 4.69) is 30.9 Å². The summed E-state index contributed by atoms with van der Waals surface area (Å²) < 4.78 is 7.40. The Morgan fingerprint density at radius 1 is 1.13 bits per heavy atom. The third kappa shape index (κ3) is 5.06. The average Bonchev–Trinajstić information content (AvgIpc) is 2.99. The van der Waals surface area contributed by atoms with E-state index in [9.17, 15) is 5.11 Å². The van der Waals surface area contributed by atoms with Crippen molar-refractivity contribution in [3.63, 3.8) is 0 Å². The smallest absolute Gasteiger partial charge is 0.137 e. The first kappa shape index (κ1) is 17.5. The minimum absolute atomic E-state index is 0.237. The number of hydrogen-bond acceptors (Lipinski definition) is 4. The molecule has 0 aliphatic carbocycles. The maximum Gasteiger partial charge on any atom is 0.137 e. The fraction of sp³-hybridized carbons (Fsp3) is 0.556. The van der Waals surface area contributed by atoms with Gasteiger partial charge in [-0.25, -0.2) is 4.98 Å². The quantitative estimate of drug-likeness (QED) is 0.759. The summed E-state index contributed by atoms with van der Waals surface area (Å²) in [6.07, 6.45) is 5.65. The third-order valence-corrected chi connectivity index (χ3v) is 4.28. The third-order valence-electron chi connectivity index (χ3n) is 4.28. The number of ether oxygens (including phenoxy) is 1. The Labute approximate surface area is 138 Å². The number of aromatic nitrogens is 3. The molecule has 0 fully saturated rings. The van der Waals surface area contributed by atoms with Crippen LogP contribution in [0, 0.1) is 5.41 Å². The zero-order valence-corrected chi connectivity index (χ0v) is 14.3. The van der Waals surface area contributed by atoms with E-state index in [0.29, 0.717) is 19.6 Å². The summed E-state index contributed by atoms with van der Waals surface area (Å²) in [6.45, 7) is 7.29. The molecule has 1 N–H and O–H groups in total. The Kier molecular flexibility index (Phi) is 5.77. The summed E-state index contributed by atoms with van der Waals surface area (Å²) in [6, 6.07) is 9.81. The van der Waals surface area contributed by atoms with Crippen LogP contribution in [0.2, 0.25) is 0 Å². The molecular formula is C18H27N3O2. The highest BCUT2D eigenvalue weighted by Crippen LogP contribution is 2.35. The fourth-order valence-corrected chi connectivity index (χ4v) is 2.50. The van der Waals surface area contributed by atoms with E-state index >= 15 is 0 Å². The van der Waals surface area contributed by atoms with E-state index in [1.807, 2.05) is 30.3 Å². The van der Waals surface area contributed by atoms with Gasteiger partial charge in [0.1, 0.15) is 18.4 Å². The molecule has 0 spiro atoms. The molecule has 1 unspecified atom stereocenters. The lowest BCUT2D eigenvalue weighted by Crippen LogP contribution is -2.46. The van der Waals surface area contributed by atoms with Crippen LogP contribution in [0.1, 0.15) is 40.0 Å². The zero-order chi connectivity index (χ0) is 16.8. The van der Waals surface area contributed by atoms with Gasteiger partial charge in [0.05, 0.1) is 18.8 Å². The lowest BCUT2D eigenvalue weighted by atomic mass is 9.73. The van der Waals surface area contributed by atoms with Crippen LogP contribution in [-0.4, -0.2) is 32.1 Å². The van der Waals surface area contributed by atoms with E-state index in [-0.39, 0.29) is 5.41 Å². The van der Waals surface area contributed by atoms with Gasteiger partial charge in [0, 0.05) is 0 Å². The van der Waals surface area contributed by atoms with Gasteiger partial charge < -0.3 is 9.84 Å². The van der Waals surface area contributed by atoms with Crippen molar-refractivity contribution in [3.05, 3.63) is 43.0 Å². The molecule has 1 heterocycles. The predicted molar refractivity (Wildman–Crippen MR) is 90.2 cm³/mol. The number of nitrogens with zero attached hydrogens (tertiary/aromatic N) is 3. The van der Waals surface area contributed by atoms with Crippen LogP contribution in [0.4, 0.5) is 0 Å². The first-order valence-corrected chi connectivity index (χ1v) is 8.13. The lowest BCUT2D eigenvalue weighted by Gasteiger charge is -2.40. The van der Waals surface area contributed by atoms with Gasteiger partial charge in [0.2, 0.25) is 0 Å². The molecule has 0 aliphatic heterocycles. The molecule has 23 heavy (non-hydrogen) atoms. The summed E-state index contributed by atoms with van der Waals surface area (Å²) in [5.41, 5.74) is -1.06. The average molecular weight is 317 g/mol. The van der Waals surface area contributed by atoms with E-state index in [1.54, 1.807) is 11.0 Å². The molecule has 0 bridgehead atoms. The van der Waals surface area contributed by atoms with E-state index < -0.39 is 5.60 Å². The highest BCUT2D eigenvalue weighted by molar-refractivity contribution is 5.20. The Hall–Kier alpha value is -1.88. The van der Waals surface area contributed by atoms with Crippen LogP contribution in [0.3, 0.4) is 0 Å². The van der Waals surface area contributed by atoms with Gasteiger partial charge >= 0.3 is 0 Å². The summed E-state index contributed by atoms with van der Waals surface area (Å²) in [4.78, 5) is 3.95. The van der Waals surface area contributed by atoms with E-state index in [0.717, 1.165) is 18.6 Å². The molecule has 0 aliphatic rings. The summed E-state index contributed by atoms with van der Waals surface area (Å²) in [7, 11) is 0. The molecule has 1 atom stereocenters. The van der Waals surface area contributed by atoms with Crippen LogP contribution in [-0.2, 0) is 6.54 Å². The SMILES string of the molecule is CC(C)(C)C(O)(CCCCOc1ccccc1)Cn1cncn1. The molecule has 2 aromatic rings. The van der Waals surface area contributed by atoms with Crippen LogP contribution in [0.15, 0.2) is 43.0 Å². The number of benzene rings is 1. The summed E-state index contributed by atoms with van der Waals surface area (Å²) in [5, 5.41) is 15.2. The molecule has 126 valence electrons. The van der Waals surface area contributed by atoms with Gasteiger partial charge in [0.25, 0.3) is 0 Å². The molecule has 5 nitrogen and oxygen atoms in total. The maximum atomic E-state index is 11.1. The highest BCUT2D eigenvalue weighted by atomic mass is 16.5. The number of unbranched alkanes of at least 4 members (excludes halogenated alkanes) is 1. The maximum absolute atomic E-state index is 11.1. The van der Waals surface area contributed by atoms with Crippen molar-refractivity contribution < 1.29 is 9.84 Å². The molecule has 0 radical (unpaired) electrons. The van der Waals surface area contributed by atoms with Crippen molar-refractivity contribution >= 4 is 0 Å². The minimum Gasteiger partial charge on any atom is -0.494 e. The lowest BCUT2D eigenvalue weighted by molar-refractivity contribution is -0.0817. The van der Waals surface area contributed by atoms with E-state index in [4.69, 9.17) is 4.74 Å². The molecule has 0 saturated carbocycles. The first-order valence-electron chi connectivity index (χ1n) is 8.13. The largest absolute Gasteiger partial charge is 0.494 e. The van der Waals surface area contributed by atoms with Crippen molar-refractivity contribution in [1.29, 1.82) is 0 Å². The van der Waals surface area contributed by atoms with Crippen LogP contribution in [0.25, 0.3) is 0 Å². The van der Waals surface area contributed by atoms with Crippen LogP contribution in [0.5, 0.6) is 5.75 Å². The van der Waals surface area contributed by atoms with Gasteiger partial charge in [-0.15, -0.1) is 0 Å². The monoisotopic (exact) mass is 317 g/mol. The number of rotatable bonds is 8. The molecule has 1 aromatic heterocycles. The number of hydrogen-bond donors (Lipinski definition) is 1. The standard InChI is InChI=1S/C18H27N3O2/c1-17(2,3)18(22,13-21-15-19-14-20-21)11-7-8-12-23-16-9-5-4-6-10-16/h4-6,9-10,14-15,22H,7-8,11-13H2,1-3H3. The second-order valence-corrected chi connectivity index (χ2v) is 6.99. The molecule has 2 rings (SSSR count). The van der Waals surface area contributed by atoms with E-state index in [1.165, 1.54) is 6.33 Å². The minimum atomic E-state index is -0.826. The van der Waals surface area contributed by atoms with Gasteiger partial charge in [-0.05, 0) is 36.8 Å². The van der Waals surface area contributed by atoms with Crippen molar-refractivity contribution in [1.82, 2.24) is 14.8 Å². The van der Waals surface area contributed by atoms with Crippen molar-refractivity contribution in [2.24, 2.45) is 5.41 Å². The fourth-order valence-electron chi connectivity index (χ4n) is 2.50.